The number of carbonyl (C=O) groups excluding carboxylic acids is 2. The number of benzene rings is 3. The second-order valence-electron chi connectivity index (χ2n) is 5.86. The van der Waals surface area contributed by atoms with E-state index >= 15 is 0 Å². The van der Waals surface area contributed by atoms with Crippen LogP contribution in [0.5, 0.6) is 0 Å². The van der Waals surface area contributed by atoms with Gasteiger partial charge in [0.1, 0.15) is 0 Å². The van der Waals surface area contributed by atoms with Crippen LogP contribution in [0.4, 0.5) is 11.4 Å². The van der Waals surface area contributed by atoms with E-state index < -0.39 is 11.8 Å². The Morgan fingerprint density at radius 1 is 0.852 bits per heavy atom. The van der Waals surface area contributed by atoms with Crippen molar-refractivity contribution in [2.75, 3.05) is 10.2 Å². The lowest BCUT2D eigenvalue weighted by molar-refractivity contribution is -0.134. The Morgan fingerprint density at radius 3 is 2.04 bits per heavy atom. The average Bonchev–Trinajstić information content (AvgIpc) is 2.73. The first-order valence-electron chi connectivity index (χ1n) is 8.39. The summed E-state index contributed by atoms with van der Waals surface area (Å²) in [5, 5.41) is 11.4. The van der Waals surface area contributed by atoms with Gasteiger partial charge in [0.15, 0.2) is 0 Å². The molecule has 27 heavy (non-hydrogen) atoms. The van der Waals surface area contributed by atoms with Crippen LogP contribution in [0.2, 0.25) is 0 Å². The van der Waals surface area contributed by atoms with E-state index in [2.05, 4.69) is 5.32 Å². The zero-order valence-corrected chi connectivity index (χ0v) is 14.5. The number of nitriles is 1. The summed E-state index contributed by atoms with van der Waals surface area (Å²) in [4.78, 5) is 26.8. The van der Waals surface area contributed by atoms with Crippen LogP contribution in [0, 0.1) is 11.3 Å². The van der Waals surface area contributed by atoms with Gasteiger partial charge in [-0.25, -0.2) is 0 Å². The molecule has 0 aliphatic rings. The predicted molar refractivity (Wildman–Crippen MR) is 104 cm³/mol. The maximum atomic E-state index is 12.8. The van der Waals surface area contributed by atoms with Gasteiger partial charge in [0.05, 0.1) is 18.2 Å². The van der Waals surface area contributed by atoms with Gasteiger partial charge < -0.3 is 5.32 Å². The summed E-state index contributed by atoms with van der Waals surface area (Å²) >= 11 is 0. The number of rotatable bonds is 4. The molecule has 3 aromatic carbocycles. The molecule has 0 heterocycles. The highest BCUT2D eigenvalue weighted by Gasteiger charge is 2.23. The number of nitrogens with one attached hydrogen (secondary N) is 1. The molecule has 0 saturated carbocycles. The molecule has 0 radical (unpaired) electrons. The molecule has 5 heteroatoms. The van der Waals surface area contributed by atoms with Gasteiger partial charge in [-0.1, -0.05) is 48.5 Å². The smallest absolute Gasteiger partial charge is 0.316 e. The lowest BCUT2D eigenvalue weighted by atomic mass is 10.2. The van der Waals surface area contributed by atoms with Crippen LogP contribution >= 0.6 is 0 Å². The van der Waals surface area contributed by atoms with Crippen LogP contribution in [0.1, 0.15) is 11.1 Å². The molecule has 3 rings (SSSR count). The third-order valence-electron chi connectivity index (χ3n) is 3.96. The Kier molecular flexibility index (Phi) is 5.60. The van der Waals surface area contributed by atoms with Crippen LogP contribution < -0.4 is 10.2 Å². The minimum atomic E-state index is -0.737. The molecule has 0 spiro atoms. The molecule has 2 amide bonds. The van der Waals surface area contributed by atoms with Crippen LogP contribution in [0.15, 0.2) is 84.9 Å². The summed E-state index contributed by atoms with van der Waals surface area (Å²) in [7, 11) is 0. The Labute approximate surface area is 157 Å². The summed E-state index contributed by atoms with van der Waals surface area (Å²) < 4.78 is 0. The summed E-state index contributed by atoms with van der Waals surface area (Å²) in [5.74, 6) is -1.39. The number of hydrogen-bond donors (Lipinski definition) is 1. The number of para-hydroxylation sites is 1. The minimum Gasteiger partial charge on any atom is -0.318 e. The summed E-state index contributed by atoms with van der Waals surface area (Å²) in [6.45, 7) is 0.282. The predicted octanol–water partition coefficient (Wildman–Crippen LogP) is 3.73. The first-order valence-corrected chi connectivity index (χ1v) is 8.39. The summed E-state index contributed by atoms with van der Waals surface area (Å²) in [5.41, 5.74) is 2.50. The van der Waals surface area contributed by atoms with Gasteiger partial charge >= 0.3 is 11.8 Å². The molecule has 0 saturated heterocycles. The van der Waals surface area contributed by atoms with Gasteiger partial charge in [-0.05, 0) is 42.0 Å². The molecule has 0 atom stereocenters. The largest absolute Gasteiger partial charge is 0.318 e. The van der Waals surface area contributed by atoms with Gasteiger partial charge in [0.2, 0.25) is 0 Å². The SMILES string of the molecule is N#Cc1ccc(NC(=O)C(=O)N(Cc2ccccc2)c2ccccc2)cc1. The molecule has 0 unspecified atom stereocenters. The zero-order chi connectivity index (χ0) is 19.1. The fourth-order valence-electron chi connectivity index (χ4n) is 2.59. The monoisotopic (exact) mass is 355 g/mol. The van der Waals surface area contributed by atoms with Crippen LogP contribution in [-0.4, -0.2) is 11.8 Å². The van der Waals surface area contributed by atoms with Crippen LogP contribution in [0.3, 0.4) is 0 Å². The highest BCUT2D eigenvalue weighted by molar-refractivity contribution is 6.44. The Balaban J connectivity index is 1.81. The number of amides is 2. The molecule has 5 nitrogen and oxygen atoms in total. The molecule has 0 aliphatic carbocycles. The van der Waals surface area contributed by atoms with E-state index in [1.807, 2.05) is 54.6 Å². The second kappa shape index (κ2) is 8.45. The normalized spacial score (nSPS) is 9.89. The maximum absolute atomic E-state index is 12.8. The molecule has 0 aromatic heterocycles. The minimum absolute atomic E-state index is 0.282. The van der Waals surface area contributed by atoms with Gasteiger partial charge in [-0.2, -0.15) is 5.26 Å². The van der Waals surface area contributed by atoms with Crippen molar-refractivity contribution in [3.8, 4) is 6.07 Å². The van der Waals surface area contributed by atoms with E-state index in [1.165, 1.54) is 4.90 Å². The van der Waals surface area contributed by atoms with Crippen molar-refractivity contribution in [1.29, 1.82) is 5.26 Å². The van der Waals surface area contributed by atoms with Crippen molar-refractivity contribution >= 4 is 23.2 Å². The first-order chi connectivity index (χ1) is 13.2. The van der Waals surface area contributed by atoms with E-state index in [0.717, 1.165) is 5.56 Å². The van der Waals surface area contributed by atoms with Gasteiger partial charge in [-0.15, -0.1) is 0 Å². The van der Waals surface area contributed by atoms with E-state index in [-0.39, 0.29) is 6.54 Å². The first kappa shape index (κ1) is 17.9. The van der Waals surface area contributed by atoms with E-state index in [0.29, 0.717) is 16.9 Å². The number of nitrogens with zero attached hydrogens (tertiary/aromatic N) is 2. The van der Waals surface area contributed by atoms with Crippen molar-refractivity contribution in [2.24, 2.45) is 0 Å². The third-order valence-corrected chi connectivity index (χ3v) is 3.96. The third kappa shape index (κ3) is 4.59. The van der Waals surface area contributed by atoms with E-state index in [9.17, 15) is 9.59 Å². The summed E-state index contributed by atoms with van der Waals surface area (Å²) in [6.07, 6.45) is 0. The Bertz CT molecular complexity index is 962. The fourth-order valence-corrected chi connectivity index (χ4v) is 2.59. The lowest BCUT2D eigenvalue weighted by Crippen LogP contribution is -2.39. The second-order valence-corrected chi connectivity index (χ2v) is 5.86. The number of anilines is 2. The highest BCUT2D eigenvalue weighted by Crippen LogP contribution is 2.18. The van der Waals surface area contributed by atoms with Crippen LogP contribution in [-0.2, 0) is 16.1 Å². The molecule has 1 N–H and O–H groups in total. The van der Waals surface area contributed by atoms with Crippen molar-refractivity contribution in [2.45, 2.75) is 6.54 Å². The molecular weight excluding hydrogens is 338 g/mol. The van der Waals surface area contributed by atoms with Gasteiger partial charge in [-0.3, -0.25) is 14.5 Å². The Morgan fingerprint density at radius 2 is 1.44 bits per heavy atom. The average molecular weight is 355 g/mol. The molecule has 0 bridgehead atoms. The molecule has 3 aromatic rings. The van der Waals surface area contributed by atoms with Crippen molar-refractivity contribution < 1.29 is 9.59 Å². The van der Waals surface area contributed by atoms with Crippen molar-refractivity contribution in [3.05, 3.63) is 96.1 Å². The van der Waals surface area contributed by atoms with E-state index in [1.54, 1.807) is 36.4 Å². The molecule has 0 aliphatic heterocycles. The fraction of sp³-hybridized carbons (Fsp3) is 0.0455. The molecular formula is C22H17N3O2. The van der Waals surface area contributed by atoms with Gasteiger partial charge in [0.25, 0.3) is 0 Å². The lowest BCUT2D eigenvalue weighted by Gasteiger charge is -2.22. The molecule has 0 fully saturated rings. The number of hydrogen-bond acceptors (Lipinski definition) is 3. The zero-order valence-electron chi connectivity index (χ0n) is 14.5. The van der Waals surface area contributed by atoms with Crippen molar-refractivity contribution in [3.63, 3.8) is 0 Å². The van der Waals surface area contributed by atoms with Gasteiger partial charge in [0, 0.05) is 11.4 Å². The van der Waals surface area contributed by atoms with Crippen molar-refractivity contribution in [1.82, 2.24) is 0 Å². The topological polar surface area (TPSA) is 73.2 Å². The van der Waals surface area contributed by atoms with Crippen LogP contribution in [0.25, 0.3) is 0 Å². The summed E-state index contributed by atoms with van der Waals surface area (Å²) in [6, 6.07) is 26.9. The highest BCUT2D eigenvalue weighted by atomic mass is 16.2. The maximum Gasteiger partial charge on any atom is 0.316 e. The standard InChI is InChI=1S/C22H17N3O2/c23-15-17-11-13-19(14-12-17)24-21(26)22(27)25(20-9-5-2-6-10-20)16-18-7-3-1-4-8-18/h1-14H,16H2,(H,24,26). The quantitative estimate of drug-likeness (QED) is 0.725. The van der Waals surface area contributed by atoms with E-state index in [4.69, 9.17) is 5.26 Å². The number of carbonyl (C=O) groups is 2. The molecule has 132 valence electrons. The Hall–Kier alpha value is -3.91.